The number of benzene rings is 1. The van der Waals surface area contributed by atoms with E-state index in [9.17, 15) is 9.18 Å². The third-order valence-electron chi connectivity index (χ3n) is 2.75. The van der Waals surface area contributed by atoms with Gasteiger partial charge in [-0.25, -0.2) is 9.18 Å². The van der Waals surface area contributed by atoms with Crippen LogP contribution in [-0.2, 0) is 18.4 Å². The van der Waals surface area contributed by atoms with Gasteiger partial charge in [0.05, 0.1) is 18.5 Å². The minimum absolute atomic E-state index is 0.149. The highest BCUT2D eigenvalue weighted by Gasteiger charge is 2.17. The van der Waals surface area contributed by atoms with E-state index >= 15 is 0 Å². The van der Waals surface area contributed by atoms with Crippen LogP contribution in [0.5, 0.6) is 5.75 Å². The van der Waals surface area contributed by atoms with Gasteiger partial charge >= 0.3 is 5.97 Å². The van der Waals surface area contributed by atoms with Gasteiger partial charge in [-0.15, -0.1) is 0 Å². The van der Waals surface area contributed by atoms with Gasteiger partial charge in [-0.3, -0.25) is 4.68 Å². The predicted octanol–water partition coefficient (Wildman–Crippen LogP) is 2.31. The topological polar surface area (TPSA) is 53.3 Å². The van der Waals surface area contributed by atoms with Crippen molar-refractivity contribution in [1.29, 1.82) is 0 Å². The van der Waals surface area contributed by atoms with Crippen LogP contribution in [0.25, 0.3) is 0 Å². The molecule has 0 spiro atoms. The van der Waals surface area contributed by atoms with Crippen molar-refractivity contribution in [2.75, 3.05) is 6.61 Å². The molecule has 0 atom stereocenters. The van der Waals surface area contributed by atoms with Crippen molar-refractivity contribution < 1.29 is 18.7 Å². The second kappa shape index (κ2) is 6.18. The van der Waals surface area contributed by atoms with E-state index in [2.05, 4.69) is 5.10 Å². The number of aromatic nitrogens is 2. The fourth-order valence-electron chi connectivity index (χ4n) is 1.70. The average Bonchev–Trinajstić information content (AvgIpc) is 2.80. The maximum absolute atomic E-state index is 12.8. The summed E-state index contributed by atoms with van der Waals surface area (Å²) in [6.45, 7) is 2.19. The molecule has 0 bridgehead atoms. The predicted molar refractivity (Wildman–Crippen MR) is 69.9 cm³/mol. The zero-order valence-electron chi connectivity index (χ0n) is 11.3. The molecular weight excluding hydrogens is 263 g/mol. The highest BCUT2D eigenvalue weighted by molar-refractivity contribution is 5.90. The van der Waals surface area contributed by atoms with Crippen LogP contribution in [-0.4, -0.2) is 22.4 Å². The molecule has 2 rings (SSSR count). The van der Waals surface area contributed by atoms with Gasteiger partial charge in [0, 0.05) is 7.05 Å². The molecule has 106 valence electrons. The van der Waals surface area contributed by atoms with Crippen LogP contribution in [0.2, 0.25) is 0 Å². The lowest BCUT2D eigenvalue weighted by Gasteiger charge is -2.08. The molecule has 1 aromatic heterocycles. The Morgan fingerprint density at radius 3 is 2.70 bits per heavy atom. The Hall–Kier alpha value is -2.37. The summed E-state index contributed by atoms with van der Waals surface area (Å²) in [5, 5.41) is 4.02. The third-order valence-corrected chi connectivity index (χ3v) is 2.75. The first kappa shape index (κ1) is 14.0. The van der Waals surface area contributed by atoms with E-state index in [1.807, 2.05) is 0 Å². The van der Waals surface area contributed by atoms with Gasteiger partial charge in [-0.2, -0.15) is 5.10 Å². The zero-order valence-corrected chi connectivity index (χ0v) is 11.3. The van der Waals surface area contributed by atoms with Gasteiger partial charge in [0.2, 0.25) is 0 Å². The van der Waals surface area contributed by atoms with Crippen molar-refractivity contribution in [3.8, 4) is 5.75 Å². The van der Waals surface area contributed by atoms with E-state index in [0.29, 0.717) is 23.6 Å². The Balaban J connectivity index is 2.11. The molecule has 6 heteroatoms. The molecule has 0 saturated heterocycles. The molecule has 0 saturated carbocycles. The van der Waals surface area contributed by atoms with Crippen molar-refractivity contribution in [3.05, 3.63) is 47.5 Å². The van der Waals surface area contributed by atoms with Gasteiger partial charge < -0.3 is 9.47 Å². The fraction of sp³-hybridized carbons (Fsp3) is 0.286. The minimum atomic E-state index is -0.432. The SMILES string of the molecule is CCOC(=O)c1cnn(C)c1COc1ccc(F)cc1. The maximum Gasteiger partial charge on any atom is 0.341 e. The lowest BCUT2D eigenvalue weighted by Crippen LogP contribution is -2.11. The number of esters is 1. The second-order valence-electron chi connectivity index (χ2n) is 4.09. The summed E-state index contributed by atoms with van der Waals surface area (Å²) >= 11 is 0. The van der Waals surface area contributed by atoms with Gasteiger partial charge in [-0.1, -0.05) is 0 Å². The number of halogens is 1. The van der Waals surface area contributed by atoms with Gasteiger partial charge in [0.25, 0.3) is 0 Å². The smallest absolute Gasteiger partial charge is 0.341 e. The van der Waals surface area contributed by atoms with E-state index in [1.165, 1.54) is 30.5 Å². The highest BCUT2D eigenvalue weighted by atomic mass is 19.1. The standard InChI is InChI=1S/C14H15FN2O3/c1-3-19-14(18)12-8-16-17(2)13(12)9-20-11-6-4-10(15)5-7-11/h4-8H,3,9H2,1-2H3. The van der Waals surface area contributed by atoms with Crippen LogP contribution < -0.4 is 4.74 Å². The number of nitrogens with zero attached hydrogens (tertiary/aromatic N) is 2. The Kier molecular flexibility index (Phi) is 4.34. The highest BCUT2D eigenvalue weighted by Crippen LogP contribution is 2.16. The van der Waals surface area contributed by atoms with E-state index in [4.69, 9.17) is 9.47 Å². The monoisotopic (exact) mass is 278 g/mol. The molecule has 0 fully saturated rings. The zero-order chi connectivity index (χ0) is 14.5. The summed E-state index contributed by atoms with van der Waals surface area (Å²) in [5.74, 6) is -0.245. The molecule has 0 radical (unpaired) electrons. The van der Waals surface area contributed by atoms with Crippen molar-refractivity contribution in [3.63, 3.8) is 0 Å². The Labute approximate surface area is 115 Å². The van der Waals surface area contributed by atoms with Crippen LogP contribution in [0, 0.1) is 5.82 Å². The Morgan fingerprint density at radius 2 is 2.05 bits per heavy atom. The lowest BCUT2D eigenvalue weighted by atomic mass is 10.2. The van der Waals surface area contributed by atoms with Crippen molar-refractivity contribution >= 4 is 5.97 Å². The second-order valence-corrected chi connectivity index (χ2v) is 4.09. The van der Waals surface area contributed by atoms with Gasteiger partial charge in [0.15, 0.2) is 0 Å². The first-order chi connectivity index (χ1) is 9.61. The largest absolute Gasteiger partial charge is 0.487 e. The van der Waals surface area contributed by atoms with Crippen molar-refractivity contribution in [2.24, 2.45) is 7.05 Å². The molecule has 0 unspecified atom stereocenters. The molecule has 0 aliphatic heterocycles. The summed E-state index contributed by atoms with van der Waals surface area (Å²) in [6, 6.07) is 5.67. The Morgan fingerprint density at radius 1 is 1.35 bits per heavy atom. The van der Waals surface area contributed by atoms with Gasteiger partial charge in [0.1, 0.15) is 23.7 Å². The van der Waals surface area contributed by atoms with E-state index < -0.39 is 5.97 Å². The molecular formula is C14H15FN2O3. The van der Waals surface area contributed by atoms with Crippen LogP contribution in [0.15, 0.2) is 30.5 Å². The van der Waals surface area contributed by atoms with Crippen LogP contribution in [0.1, 0.15) is 23.0 Å². The first-order valence-corrected chi connectivity index (χ1v) is 6.18. The van der Waals surface area contributed by atoms with Crippen LogP contribution >= 0.6 is 0 Å². The maximum atomic E-state index is 12.8. The van der Waals surface area contributed by atoms with Crippen LogP contribution in [0.4, 0.5) is 4.39 Å². The van der Waals surface area contributed by atoms with Gasteiger partial charge in [-0.05, 0) is 31.2 Å². The van der Waals surface area contributed by atoms with E-state index in [1.54, 1.807) is 18.7 Å². The summed E-state index contributed by atoms with van der Waals surface area (Å²) in [4.78, 5) is 11.8. The third kappa shape index (κ3) is 3.14. The number of aryl methyl sites for hydroxylation is 1. The van der Waals surface area contributed by atoms with Crippen LogP contribution in [0.3, 0.4) is 0 Å². The molecule has 5 nitrogen and oxygen atoms in total. The van der Waals surface area contributed by atoms with Crippen molar-refractivity contribution in [2.45, 2.75) is 13.5 Å². The Bertz CT molecular complexity index is 593. The molecule has 2 aromatic rings. The molecule has 0 N–H and O–H groups in total. The normalized spacial score (nSPS) is 10.3. The fourth-order valence-corrected chi connectivity index (χ4v) is 1.70. The number of hydrogen-bond donors (Lipinski definition) is 0. The summed E-state index contributed by atoms with van der Waals surface area (Å²) in [5.41, 5.74) is 0.976. The number of hydrogen-bond acceptors (Lipinski definition) is 4. The molecule has 0 aliphatic carbocycles. The molecule has 0 aliphatic rings. The molecule has 0 amide bonds. The van der Waals surface area contributed by atoms with E-state index in [0.717, 1.165) is 0 Å². The first-order valence-electron chi connectivity index (χ1n) is 6.18. The lowest BCUT2D eigenvalue weighted by molar-refractivity contribution is 0.0523. The number of carbonyl (C=O) groups excluding carboxylic acids is 1. The quantitative estimate of drug-likeness (QED) is 0.788. The molecule has 20 heavy (non-hydrogen) atoms. The van der Waals surface area contributed by atoms with E-state index in [-0.39, 0.29) is 12.4 Å². The van der Waals surface area contributed by atoms with Crippen molar-refractivity contribution in [1.82, 2.24) is 9.78 Å². The summed E-state index contributed by atoms with van der Waals surface area (Å²) in [6.07, 6.45) is 1.45. The number of carbonyl (C=O) groups is 1. The number of rotatable bonds is 5. The minimum Gasteiger partial charge on any atom is -0.487 e. The average molecular weight is 278 g/mol. The summed E-state index contributed by atoms with van der Waals surface area (Å²) < 4.78 is 24.8. The number of ether oxygens (including phenoxy) is 2. The summed E-state index contributed by atoms with van der Waals surface area (Å²) in [7, 11) is 1.71. The molecule has 1 aromatic carbocycles. The molecule has 1 heterocycles.